The zero-order valence-corrected chi connectivity index (χ0v) is 15.0. The van der Waals surface area contributed by atoms with E-state index >= 15 is 0 Å². The number of furan rings is 1. The second-order valence-electron chi connectivity index (χ2n) is 6.48. The third-order valence-electron chi connectivity index (χ3n) is 4.62. The second kappa shape index (κ2) is 7.91. The Balaban J connectivity index is 1.25. The fourth-order valence-electron chi connectivity index (χ4n) is 3.13. The maximum atomic E-state index is 12.3. The standard InChI is InChI=1S/C18H19N7O3/c26-17(13-7-10-28-11-13)24-8-5-15(6-9-24)21-18(27)20-14-1-3-16(4-2-14)25-12-19-22-23-25/h1-4,7,10-12,15H,5-6,8-9H2,(H2,20,21,27). The molecule has 10 nitrogen and oxygen atoms in total. The number of urea groups is 1. The fraction of sp³-hybridized carbons (Fsp3) is 0.278. The Labute approximate surface area is 160 Å². The first-order valence-corrected chi connectivity index (χ1v) is 8.91. The van der Waals surface area contributed by atoms with Gasteiger partial charge in [0.2, 0.25) is 0 Å². The number of piperidine rings is 1. The molecule has 0 spiro atoms. The van der Waals surface area contributed by atoms with Crippen LogP contribution in [0, 0.1) is 0 Å². The maximum Gasteiger partial charge on any atom is 0.319 e. The average molecular weight is 381 g/mol. The van der Waals surface area contributed by atoms with E-state index in [2.05, 4.69) is 26.2 Å². The number of benzene rings is 1. The van der Waals surface area contributed by atoms with Crippen molar-refractivity contribution in [1.29, 1.82) is 0 Å². The van der Waals surface area contributed by atoms with E-state index in [9.17, 15) is 9.59 Å². The summed E-state index contributed by atoms with van der Waals surface area (Å²) in [5.41, 5.74) is 2.02. The second-order valence-corrected chi connectivity index (χ2v) is 6.48. The number of hydrogen-bond donors (Lipinski definition) is 2. The van der Waals surface area contributed by atoms with Crippen LogP contribution in [0.4, 0.5) is 10.5 Å². The van der Waals surface area contributed by atoms with E-state index < -0.39 is 0 Å². The fourth-order valence-corrected chi connectivity index (χ4v) is 3.13. The molecule has 0 saturated carbocycles. The topological polar surface area (TPSA) is 118 Å². The Bertz CT molecular complexity index is 915. The minimum atomic E-state index is -0.269. The normalized spacial score (nSPS) is 14.6. The molecule has 0 aliphatic carbocycles. The minimum Gasteiger partial charge on any atom is -0.472 e. The summed E-state index contributed by atoms with van der Waals surface area (Å²) < 4.78 is 6.49. The highest BCUT2D eigenvalue weighted by Crippen LogP contribution is 2.15. The van der Waals surface area contributed by atoms with Crippen molar-refractivity contribution in [3.63, 3.8) is 0 Å². The van der Waals surface area contributed by atoms with Gasteiger partial charge in [0.1, 0.15) is 12.6 Å². The van der Waals surface area contributed by atoms with Gasteiger partial charge < -0.3 is 20.0 Å². The number of amides is 3. The number of carbonyl (C=O) groups excluding carboxylic acids is 2. The number of tetrazole rings is 1. The molecule has 4 rings (SSSR count). The largest absolute Gasteiger partial charge is 0.472 e. The molecule has 2 aromatic heterocycles. The molecule has 10 heteroatoms. The monoisotopic (exact) mass is 381 g/mol. The molecule has 144 valence electrons. The average Bonchev–Trinajstić information content (AvgIpc) is 3.43. The highest BCUT2D eigenvalue weighted by Gasteiger charge is 2.25. The van der Waals surface area contributed by atoms with Crippen molar-refractivity contribution in [1.82, 2.24) is 30.4 Å². The van der Waals surface area contributed by atoms with Gasteiger partial charge in [-0.1, -0.05) is 0 Å². The number of anilines is 1. The van der Waals surface area contributed by atoms with Crippen molar-refractivity contribution in [3.05, 3.63) is 54.7 Å². The molecule has 1 aromatic carbocycles. The lowest BCUT2D eigenvalue weighted by Crippen LogP contribution is -2.47. The Morgan fingerprint density at radius 3 is 2.54 bits per heavy atom. The van der Waals surface area contributed by atoms with Gasteiger partial charge in [-0.3, -0.25) is 4.79 Å². The Hall–Kier alpha value is -3.69. The number of carbonyl (C=O) groups is 2. The van der Waals surface area contributed by atoms with Gasteiger partial charge in [-0.25, -0.2) is 9.48 Å². The number of nitrogens with zero attached hydrogens (tertiary/aromatic N) is 5. The van der Waals surface area contributed by atoms with E-state index in [0.29, 0.717) is 37.2 Å². The highest BCUT2D eigenvalue weighted by molar-refractivity contribution is 5.94. The van der Waals surface area contributed by atoms with Gasteiger partial charge in [0, 0.05) is 24.8 Å². The van der Waals surface area contributed by atoms with Gasteiger partial charge in [0.05, 0.1) is 17.5 Å². The van der Waals surface area contributed by atoms with Crippen molar-refractivity contribution in [2.24, 2.45) is 0 Å². The van der Waals surface area contributed by atoms with Crippen molar-refractivity contribution in [2.45, 2.75) is 18.9 Å². The molecule has 1 aliphatic rings. The molecule has 28 heavy (non-hydrogen) atoms. The third kappa shape index (κ3) is 4.00. The predicted octanol–water partition coefficient (Wildman–Crippen LogP) is 1.68. The lowest BCUT2D eigenvalue weighted by Gasteiger charge is -2.32. The van der Waals surface area contributed by atoms with Gasteiger partial charge in [-0.15, -0.1) is 5.10 Å². The van der Waals surface area contributed by atoms with Crippen molar-refractivity contribution in [2.75, 3.05) is 18.4 Å². The predicted molar refractivity (Wildman–Crippen MR) is 98.9 cm³/mol. The van der Waals surface area contributed by atoms with Crippen LogP contribution in [0.15, 0.2) is 53.6 Å². The first-order chi connectivity index (χ1) is 13.7. The van der Waals surface area contributed by atoms with Crippen LogP contribution in [0.5, 0.6) is 0 Å². The molecule has 0 unspecified atom stereocenters. The van der Waals surface area contributed by atoms with Crippen molar-refractivity contribution < 1.29 is 14.0 Å². The molecular formula is C18H19N7O3. The number of rotatable bonds is 4. The Morgan fingerprint density at radius 2 is 1.89 bits per heavy atom. The van der Waals surface area contributed by atoms with Gasteiger partial charge in [-0.05, 0) is 53.6 Å². The van der Waals surface area contributed by atoms with Crippen LogP contribution in [0.1, 0.15) is 23.2 Å². The summed E-state index contributed by atoms with van der Waals surface area (Å²) in [6.45, 7) is 1.19. The van der Waals surface area contributed by atoms with Crippen LogP contribution in [0.3, 0.4) is 0 Å². The summed E-state index contributed by atoms with van der Waals surface area (Å²) in [6.07, 6.45) is 5.84. The number of nitrogens with one attached hydrogen (secondary N) is 2. The van der Waals surface area contributed by atoms with E-state index in [1.807, 2.05) is 12.1 Å². The van der Waals surface area contributed by atoms with E-state index in [1.165, 1.54) is 23.5 Å². The van der Waals surface area contributed by atoms with Crippen LogP contribution in [0.25, 0.3) is 5.69 Å². The first-order valence-electron chi connectivity index (χ1n) is 8.91. The summed E-state index contributed by atoms with van der Waals surface area (Å²) in [6, 6.07) is 8.59. The molecular weight excluding hydrogens is 362 g/mol. The number of aromatic nitrogens is 4. The van der Waals surface area contributed by atoms with Gasteiger partial charge in [0.25, 0.3) is 5.91 Å². The molecule has 2 N–H and O–H groups in total. The highest BCUT2D eigenvalue weighted by atomic mass is 16.3. The van der Waals surface area contributed by atoms with Crippen LogP contribution in [0.2, 0.25) is 0 Å². The van der Waals surface area contributed by atoms with Crippen LogP contribution < -0.4 is 10.6 Å². The lowest BCUT2D eigenvalue weighted by molar-refractivity contribution is 0.0708. The Morgan fingerprint density at radius 1 is 1.11 bits per heavy atom. The number of likely N-dealkylation sites (tertiary alicyclic amines) is 1. The summed E-state index contributed by atoms with van der Waals surface area (Å²) >= 11 is 0. The molecule has 3 amide bonds. The van der Waals surface area contributed by atoms with Gasteiger partial charge >= 0.3 is 6.03 Å². The summed E-state index contributed by atoms with van der Waals surface area (Å²) in [5, 5.41) is 16.8. The SMILES string of the molecule is O=C(Nc1ccc(-n2cnnn2)cc1)NC1CCN(C(=O)c2ccoc2)CC1. The van der Waals surface area contributed by atoms with Crippen LogP contribution >= 0.6 is 0 Å². The Kier molecular flexibility index (Phi) is 5.00. The van der Waals surface area contributed by atoms with Crippen molar-refractivity contribution >= 4 is 17.6 Å². The zero-order valence-electron chi connectivity index (χ0n) is 15.0. The van der Waals surface area contributed by atoms with Gasteiger partial charge in [-0.2, -0.15) is 0 Å². The van der Waals surface area contributed by atoms with Crippen LogP contribution in [-0.4, -0.2) is 56.2 Å². The molecule has 3 heterocycles. The van der Waals surface area contributed by atoms with Crippen LogP contribution in [-0.2, 0) is 0 Å². The van der Waals surface area contributed by atoms with E-state index in [-0.39, 0.29) is 18.0 Å². The molecule has 1 saturated heterocycles. The minimum absolute atomic E-state index is 0.0221. The molecule has 0 radical (unpaired) electrons. The molecule has 3 aromatic rings. The summed E-state index contributed by atoms with van der Waals surface area (Å²) in [5.74, 6) is -0.0423. The third-order valence-corrected chi connectivity index (χ3v) is 4.62. The van der Waals surface area contributed by atoms with Gasteiger partial charge in [0.15, 0.2) is 0 Å². The first kappa shape index (κ1) is 17.7. The summed E-state index contributed by atoms with van der Waals surface area (Å²) in [7, 11) is 0. The molecule has 1 aliphatic heterocycles. The van der Waals surface area contributed by atoms with E-state index in [0.717, 1.165) is 5.69 Å². The summed E-state index contributed by atoms with van der Waals surface area (Å²) in [4.78, 5) is 26.3. The molecule has 0 bridgehead atoms. The molecule has 1 fully saturated rings. The maximum absolute atomic E-state index is 12.3. The van der Waals surface area contributed by atoms with E-state index in [4.69, 9.17) is 4.42 Å². The zero-order chi connectivity index (χ0) is 19.3. The smallest absolute Gasteiger partial charge is 0.319 e. The molecule has 0 atom stereocenters. The van der Waals surface area contributed by atoms with E-state index in [1.54, 1.807) is 23.1 Å². The number of hydrogen-bond acceptors (Lipinski definition) is 6. The van der Waals surface area contributed by atoms with Crippen molar-refractivity contribution in [3.8, 4) is 5.69 Å². The lowest BCUT2D eigenvalue weighted by atomic mass is 10.0. The quantitative estimate of drug-likeness (QED) is 0.710.